The summed E-state index contributed by atoms with van der Waals surface area (Å²) in [5.41, 5.74) is 0.963. The van der Waals surface area contributed by atoms with Gasteiger partial charge in [0.05, 0.1) is 13.5 Å². The molecule has 0 aliphatic carbocycles. The van der Waals surface area contributed by atoms with Gasteiger partial charge < -0.3 is 15.4 Å². The normalized spacial score (nSPS) is 9.44. The number of hydrogen-bond donors (Lipinski definition) is 2. The fraction of sp³-hybridized carbons (Fsp3) is 0.462. The molecule has 0 atom stereocenters. The van der Waals surface area contributed by atoms with Gasteiger partial charge in [-0.2, -0.15) is 0 Å². The van der Waals surface area contributed by atoms with Gasteiger partial charge in [-0.15, -0.1) is 12.4 Å². The Labute approximate surface area is 115 Å². The number of amides is 1. The number of halogens is 1. The summed E-state index contributed by atoms with van der Waals surface area (Å²) in [6, 6.07) is 7.56. The van der Waals surface area contributed by atoms with E-state index in [9.17, 15) is 4.79 Å². The van der Waals surface area contributed by atoms with Crippen LogP contribution in [0, 0.1) is 0 Å². The highest BCUT2D eigenvalue weighted by molar-refractivity contribution is 5.85. The summed E-state index contributed by atoms with van der Waals surface area (Å²) >= 11 is 0. The number of carbonyl (C=O) groups excluding carboxylic acids is 1. The van der Waals surface area contributed by atoms with E-state index >= 15 is 0 Å². The van der Waals surface area contributed by atoms with E-state index in [1.807, 2.05) is 31.2 Å². The maximum atomic E-state index is 11.6. The first-order chi connectivity index (χ1) is 8.26. The third kappa shape index (κ3) is 6.47. The maximum absolute atomic E-state index is 11.6. The van der Waals surface area contributed by atoms with Crippen LogP contribution in [0.4, 0.5) is 0 Å². The lowest BCUT2D eigenvalue weighted by molar-refractivity contribution is -0.120. The van der Waals surface area contributed by atoms with Gasteiger partial charge in [-0.1, -0.05) is 19.1 Å². The molecule has 1 amide bonds. The SMILES string of the molecule is CCNCCNC(=O)Cc1cccc(OC)c1.Cl. The summed E-state index contributed by atoms with van der Waals surface area (Å²) in [5, 5.41) is 6.01. The molecule has 1 aromatic carbocycles. The number of benzene rings is 1. The highest BCUT2D eigenvalue weighted by Crippen LogP contribution is 2.12. The van der Waals surface area contributed by atoms with Crippen molar-refractivity contribution in [3.8, 4) is 5.75 Å². The highest BCUT2D eigenvalue weighted by Gasteiger charge is 2.03. The Morgan fingerprint density at radius 2 is 2.11 bits per heavy atom. The minimum atomic E-state index is 0. The molecule has 2 N–H and O–H groups in total. The number of ether oxygens (including phenoxy) is 1. The predicted octanol–water partition coefficient (Wildman–Crippen LogP) is 1.39. The number of hydrogen-bond acceptors (Lipinski definition) is 3. The molecule has 5 heteroatoms. The van der Waals surface area contributed by atoms with Crippen LogP contribution in [0.1, 0.15) is 12.5 Å². The van der Waals surface area contributed by atoms with E-state index in [-0.39, 0.29) is 18.3 Å². The molecule has 0 heterocycles. The van der Waals surface area contributed by atoms with Crippen LogP contribution in [0.2, 0.25) is 0 Å². The molecule has 0 unspecified atom stereocenters. The minimum Gasteiger partial charge on any atom is -0.497 e. The van der Waals surface area contributed by atoms with Crippen molar-refractivity contribution in [1.29, 1.82) is 0 Å². The van der Waals surface area contributed by atoms with Crippen molar-refractivity contribution in [1.82, 2.24) is 10.6 Å². The summed E-state index contributed by atoms with van der Waals surface area (Å²) in [6.45, 7) is 4.43. The van der Waals surface area contributed by atoms with Crippen LogP contribution in [0.25, 0.3) is 0 Å². The first kappa shape index (κ1) is 16.7. The summed E-state index contributed by atoms with van der Waals surface area (Å²) in [5.74, 6) is 0.819. The molecule has 0 spiro atoms. The fourth-order valence-corrected chi connectivity index (χ4v) is 1.50. The summed E-state index contributed by atoms with van der Waals surface area (Å²) in [6.07, 6.45) is 0.392. The number of rotatable bonds is 7. The lowest BCUT2D eigenvalue weighted by Crippen LogP contribution is -2.32. The van der Waals surface area contributed by atoms with E-state index in [1.54, 1.807) is 7.11 Å². The van der Waals surface area contributed by atoms with Crippen LogP contribution in [0.15, 0.2) is 24.3 Å². The van der Waals surface area contributed by atoms with E-state index in [4.69, 9.17) is 4.74 Å². The van der Waals surface area contributed by atoms with E-state index in [0.29, 0.717) is 13.0 Å². The van der Waals surface area contributed by atoms with E-state index in [0.717, 1.165) is 24.4 Å². The number of methoxy groups -OCH3 is 1. The van der Waals surface area contributed by atoms with Gasteiger partial charge in [0.15, 0.2) is 0 Å². The van der Waals surface area contributed by atoms with Crippen molar-refractivity contribution in [2.45, 2.75) is 13.3 Å². The van der Waals surface area contributed by atoms with Crippen molar-refractivity contribution in [3.05, 3.63) is 29.8 Å². The lowest BCUT2D eigenvalue weighted by atomic mass is 10.1. The third-order valence-electron chi connectivity index (χ3n) is 2.37. The van der Waals surface area contributed by atoms with Gasteiger partial charge in [0, 0.05) is 13.1 Å². The maximum Gasteiger partial charge on any atom is 0.224 e. The molecule has 1 aromatic rings. The van der Waals surface area contributed by atoms with Crippen LogP contribution < -0.4 is 15.4 Å². The Hall–Kier alpha value is -1.26. The molecule has 0 radical (unpaired) electrons. The molecule has 0 fully saturated rings. The smallest absolute Gasteiger partial charge is 0.224 e. The Bertz CT molecular complexity index is 359. The van der Waals surface area contributed by atoms with E-state index in [2.05, 4.69) is 10.6 Å². The van der Waals surface area contributed by atoms with Gasteiger partial charge in [0.25, 0.3) is 0 Å². The first-order valence-corrected chi connectivity index (χ1v) is 5.86. The summed E-state index contributed by atoms with van der Waals surface area (Å²) in [4.78, 5) is 11.6. The van der Waals surface area contributed by atoms with Crippen LogP contribution >= 0.6 is 12.4 Å². The van der Waals surface area contributed by atoms with Gasteiger partial charge in [-0.25, -0.2) is 0 Å². The highest BCUT2D eigenvalue weighted by atomic mass is 35.5. The van der Waals surface area contributed by atoms with Gasteiger partial charge >= 0.3 is 0 Å². The molecule has 0 saturated carbocycles. The van der Waals surface area contributed by atoms with E-state index < -0.39 is 0 Å². The standard InChI is InChI=1S/C13H20N2O2.ClH/c1-3-14-7-8-15-13(16)10-11-5-4-6-12(9-11)17-2;/h4-6,9,14H,3,7-8,10H2,1-2H3,(H,15,16);1H. The molecule has 0 aliphatic rings. The van der Waals surface area contributed by atoms with Crippen molar-refractivity contribution in [3.63, 3.8) is 0 Å². The Morgan fingerprint density at radius 1 is 1.33 bits per heavy atom. The second-order valence-corrected chi connectivity index (χ2v) is 3.73. The van der Waals surface area contributed by atoms with Crippen LogP contribution in [-0.2, 0) is 11.2 Å². The van der Waals surface area contributed by atoms with Crippen molar-refractivity contribution >= 4 is 18.3 Å². The second kappa shape index (κ2) is 9.74. The van der Waals surface area contributed by atoms with Gasteiger partial charge in [-0.05, 0) is 24.2 Å². The average Bonchev–Trinajstić information content (AvgIpc) is 2.35. The molecule has 4 nitrogen and oxygen atoms in total. The zero-order chi connectivity index (χ0) is 12.5. The second-order valence-electron chi connectivity index (χ2n) is 3.73. The van der Waals surface area contributed by atoms with Crippen molar-refractivity contribution in [2.75, 3.05) is 26.7 Å². The van der Waals surface area contributed by atoms with Crippen LogP contribution in [0.3, 0.4) is 0 Å². The predicted molar refractivity (Wildman–Crippen MR) is 75.5 cm³/mol. The lowest BCUT2D eigenvalue weighted by Gasteiger charge is -2.06. The largest absolute Gasteiger partial charge is 0.497 e. The average molecular weight is 273 g/mol. The molecule has 102 valence electrons. The third-order valence-corrected chi connectivity index (χ3v) is 2.37. The topological polar surface area (TPSA) is 50.4 Å². The Morgan fingerprint density at radius 3 is 2.78 bits per heavy atom. The zero-order valence-corrected chi connectivity index (χ0v) is 11.7. The van der Waals surface area contributed by atoms with Gasteiger partial charge in [0.1, 0.15) is 5.75 Å². The Kier molecular flexibility index (Phi) is 9.06. The molecule has 0 aliphatic heterocycles. The first-order valence-electron chi connectivity index (χ1n) is 5.86. The van der Waals surface area contributed by atoms with Crippen LogP contribution in [-0.4, -0.2) is 32.7 Å². The number of nitrogens with one attached hydrogen (secondary N) is 2. The number of likely N-dealkylation sites (N-methyl/N-ethyl adjacent to an activating group) is 1. The summed E-state index contributed by atoms with van der Waals surface area (Å²) < 4.78 is 5.11. The summed E-state index contributed by atoms with van der Waals surface area (Å²) in [7, 11) is 1.62. The molecule has 0 saturated heterocycles. The zero-order valence-electron chi connectivity index (χ0n) is 10.9. The van der Waals surface area contributed by atoms with E-state index in [1.165, 1.54) is 0 Å². The molecule has 0 aromatic heterocycles. The quantitative estimate of drug-likeness (QED) is 0.738. The molecule has 18 heavy (non-hydrogen) atoms. The van der Waals surface area contributed by atoms with Crippen molar-refractivity contribution in [2.24, 2.45) is 0 Å². The van der Waals surface area contributed by atoms with Crippen LogP contribution in [0.5, 0.6) is 5.75 Å². The number of carbonyl (C=O) groups is 1. The monoisotopic (exact) mass is 272 g/mol. The fourth-order valence-electron chi connectivity index (χ4n) is 1.50. The Balaban J connectivity index is 0.00000289. The minimum absolute atomic E-state index is 0. The van der Waals surface area contributed by atoms with Gasteiger partial charge in [-0.3, -0.25) is 4.79 Å². The van der Waals surface area contributed by atoms with Crippen molar-refractivity contribution < 1.29 is 9.53 Å². The molecular formula is C13H21ClN2O2. The molecule has 0 bridgehead atoms. The molecule has 1 rings (SSSR count). The van der Waals surface area contributed by atoms with Gasteiger partial charge in [0.2, 0.25) is 5.91 Å². The molecular weight excluding hydrogens is 252 g/mol.